The molecular weight excluding hydrogens is 270 g/mol. The van der Waals surface area contributed by atoms with E-state index < -0.39 is 0 Å². The Morgan fingerprint density at radius 2 is 2.25 bits per heavy atom. The lowest BCUT2D eigenvalue weighted by Crippen LogP contribution is -2.34. The monoisotopic (exact) mass is 297 g/mol. The highest BCUT2D eigenvalue weighted by atomic mass is 32.1. The summed E-state index contributed by atoms with van der Waals surface area (Å²) in [6.45, 7) is 4.93. The molecule has 1 atom stereocenters. The van der Waals surface area contributed by atoms with Gasteiger partial charge >= 0.3 is 0 Å². The summed E-state index contributed by atoms with van der Waals surface area (Å²) in [6.07, 6.45) is 6.51. The molecule has 0 spiro atoms. The maximum Gasteiger partial charge on any atom is 0.186 e. The van der Waals surface area contributed by atoms with Crippen molar-refractivity contribution in [1.82, 2.24) is 10.3 Å². The molecule has 1 aromatic heterocycles. The minimum atomic E-state index is 0.609. The summed E-state index contributed by atoms with van der Waals surface area (Å²) in [4.78, 5) is 8.71. The smallest absolute Gasteiger partial charge is 0.186 e. The van der Waals surface area contributed by atoms with Gasteiger partial charge in [-0.15, -0.1) is 11.3 Å². The van der Waals surface area contributed by atoms with Gasteiger partial charge in [0.1, 0.15) is 0 Å². The topological polar surface area (TPSA) is 37.4 Å². The van der Waals surface area contributed by atoms with Gasteiger partial charge in [-0.1, -0.05) is 19.8 Å². The Kier molecular flexibility index (Phi) is 6.26. The fourth-order valence-corrected chi connectivity index (χ4v) is 4.07. The highest BCUT2D eigenvalue weighted by Gasteiger charge is 2.23. The van der Waals surface area contributed by atoms with E-state index in [0.717, 1.165) is 18.8 Å². The van der Waals surface area contributed by atoms with Crippen molar-refractivity contribution in [3.05, 3.63) is 10.6 Å². The van der Waals surface area contributed by atoms with E-state index in [1.807, 2.05) is 18.4 Å². The number of ether oxygens (including phenoxy) is 1. The third-order valence-corrected chi connectivity index (χ3v) is 5.11. The molecule has 0 saturated carbocycles. The Morgan fingerprint density at radius 1 is 1.40 bits per heavy atom. The zero-order valence-corrected chi connectivity index (χ0v) is 13.8. The number of methoxy groups -OCH3 is 1. The molecule has 0 radical (unpaired) electrons. The van der Waals surface area contributed by atoms with E-state index in [4.69, 9.17) is 9.72 Å². The summed E-state index contributed by atoms with van der Waals surface area (Å²) in [7, 11) is 3.72. The summed E-state index contributed by atoms with van der Waals surface area (Å²) < 4.78 is 5.29. The zero-order valence-electron chi connectivity index (χ0n) is 12.9. The molecule has 1 fully saturated rings. The van der Waals surface area contributed by atoms with E-state index in [1.54, 1.807) is 7.11 Å². The summed E-state index contributed by atoms with van der Waals surface area (Å²) in [6, 6.07) is 0.654. The standard InChI is InChI=1S/C15H27N3OS/c1-4-12-8-6-5-7-9-18(12)15-17-13(11-19-3)14(20-15)10-16-2/h12,16H,4-11H2,1-3H3. The van der Waals surface area contributed by atoms with Crippen LogP contribution in [0, 0.1) is 0 Å². The van der Waals surface area contributed by atoms with E-state index in [-0.39, 0.29) is 0 Å². The molecule has 1 aliphatic rings. The van der Waals surface area contributed by atoms with Crippen LogP contribution in [0.25, 0.3) is 0 Å². The van der Waals surface area contributed by atoms with E-state index in [1.165, 1.54) is 42.1 Å². The van der Waals surface area contributed by atoms with E-state index >= 15 is 0 Å². The Bertz CT molecular complexity index is 384. The van der Waals surface area contributed by atoms with Crippen LogP contribution in [0.3, 0.4) is 0 Å². The molecule has 0 bridgehead atoms. The molecule has 4 nitrogen and oxygen atoms in total. The van der Waals surface area contributed by atoms with Gasteiger partial charge in [0.25, 0.3) is 0 Å². The number of rotatable bonds is 6. The summed E-state index contributed by atoms with van der Waals surface area (Å²) in [5.41, 5.74) is 1.10. The number of hydrogen-bond donors (Lipinski definition) is 1. The molecule has 0 aromatic carbocycles. The molecule has 20 heavy (non-hydrogen) atoms. The Labute approximate surface area is 126 Å². The lowest BCUT2D eigenvalue weighted by atomic mass is 10.1. The molecule has 1 unspecified atom stereocenters. The minimum absolute atomic E-state index is 0.609. The van der Waals surface area contributed by atoms with Crippen molar-refractivity contribution in [2.45, 2.75) is 58.2 Å². The highest BCUT2D eigenvalue weighted by molar-refractivity contribution is 7.15. The molecule has 0 aliphatic carbocycles. The molecule has 114 valence electrons. The zero-order chi connectivity index (χ0) is 14.4. The third kappa shape index (κ3) is 3.71. The maximum absolute atomic E-state index is 5.29. The van der Waals surface area contributed by atoms with Crippen molar-refractivity contribution in [3.63, 3.8) is 0 Å². The second-order valence-corrected chi connectivity index (χ2v) is 6.50. The summed E-state index contributed by atoms with van der Waals surface area (Å²) >= 11 is 1.83. The van der Waals surface area contributed by atoms with Crippen molar-refractivity contribution in [2.75, 3.05) is 25.6 Å². The van der Waals surface area contributed by atoms with Crippen LogP contribution in [0.1, 0.15) is 49.6 Å². The molecule has 5 heteroatoms. The number of nitrogens with one attached hydrogen (secondary N) is 1. The molecule has 1 N–H and O–H groups in total. The first-order valence-electron chi connectivity index (χ1n) is 7.68. The minimum Gasteiger partial charge on any atom is -0.378 e. The molecule has 2 rings (SSSR count). The quantitative estimate of drug-likeness (QED) is 0.875. The predicted octanol–water partition coefficient (Wildman–Crippen LogP) is 3.17. The molecule has 0 amide bonds. The van der Waals surface area contributed by atoms with Crippen LogP contribution in [0.5, 0.6) is 0 Å². The van der Waals surface area contributed by atoms with Gasteiger partial charge in [0.05, 0.1) is 12.3 Å². The van der Waals surface area contributed by atoms with Crippen LogP contribution in [0.15, 0.2) is 0 Å². The average Bonchev–Trinajstić information content (AvgIpc) is 2.70. The number of nitrogens with zero attached hydrogens (tertiary/aromatic N) is 2. The van der Waals surface area contributed by atoms with E-state index in [9.17, 15) is 0 Å². The number of aromatic nitrogens is 1. The van der Waals surface area contributed by atoms with Crippen LogP contribution in [0.2, 0.25) is 0 Å². The highest BCUT2D eigenvalue weighted by Crippen LogP contribution is 2.32. The van der Waals surface area contributed by atoms with E-state index in [0.29, 0.717) is 12.6 Å². The number of hydrogen-bond acceptors (Lipinski definition) is 5. The van der Waals surface area contributed by atoms with Crippen LogP contribution in [-0.2, 0) is 17.9 Å². The fraction of sp³-hybridized carbons (Fsp3) is 0.800. The van der Waals surface area contributed by atoms with Crippen molar-refractivity contribution >= 4 is 16.5 Å². The largest absolute Gasteiger partial charge is 0.378 e. The molecule has 1 aliphatic heterocycles. The Morgan fingerprint density at radius 3 is 2.95 bits per heavy atom. The van der Waals surface area contributed by atoms with Crippen molar-refractivity contribution in [3.8, 4) is 0 Å². The van der Waals surface area contributed by atoms with Gasteiger partial charge in [-0.05, 0) is 26.3 Å². The molecule has 1 saturated heterocycles. The van der Waals surface area contributed by atoms with Crippen molar-refractivity contribution in [1.29, 1.82) is 0 Å². The predicted molar refractivity (Wildman–Crippen MR) is 85.5 cm³/mol. The van der Waals surface area contributed by atoms with Gasteiger partial charge in [0.2, 0.25) is 0 Å². The van der Waals surface area contributed by atoms with Gasteiger partial charge in [-0.2, -0.15) is 0 Å². The molecule has 1 aromatic rings. The number of anilines is 1. The van der Waals surface area contributed by atoms with E-state index in [2.05, 4.69) is 17.1 Å². The van der Waals surface area contributed by atoms with Gasteiger partial charge in [-0.25, -0.2) is 4.98 Å². The van der Waals surface area contributed by atoms with Gasteiger partial charge in [0, 0.05) is 31.1 Å². The van der Waals surface area contributed by atoms with Crippen LogP contribution in [0.4, 0.5) is 5.13 Å². The first kappa shape index (κ1) is 15.7. The molecular formula is C15H27N3OS. The Hall–Kier alpha value is -0.650. The first-order chi connectivity index (χ1) is 9.80. The number of thiazole rings is 1. The second kappa shape index (κ2) is 7.96. The first-order valence-corrected chi connectivity index (χ1v) is 8.50. The lowest BCUT2D eigenvalue weighted by molar-refractivity contribution is 0.181. The SMILES string of the molecule is CCC1CCCCCN1c1nc(COC)c(CNC)s1. The summed E-state index contributed by atoms with van der Waals surface area (Å²) in [5, 5.41) is 4.42. The van der Waals surface area contributed by atoms with Crippen LogP contribution in [-0.4, -0.2) is 31.7 Å². The van der Waals surface area contributed by atoms with Crippen molar-refractivity contribution < 1.29 is 4.74 Å². The van der Waals surface area contributed by atoms with Crippen molar-refractivity contribution in [2.24, 2.45) is 0 Å². The van der Waals surface area contributed by atoms with Gasteiger partial charge in [-0.3, -0.25) is 0 Å². The average molecular weight is 297 g/mol. The summed E-state index contributed by atoms with van der Waals surface area (Å²) in [5.74, 6) is 0. The maximum atomic E-state index is 5.29. The van der Waals surface area contributed by atoms with Gasteiger partial charge in [0.15, 0.2) is 5.13 Å². The van der Waals surface area contributed by atoms with Crippen LogP contribution < -0.4 is 10.2 Å². The van der Waals surface area contributed by atoms with Crippen LogP contribution >= 0.6 is 11.3 Å². The molecule has 2 heterocycles. The van der Waals surface area contributed by atoms with Gasteiger partial charge < -0.3 is 15.0 Å². The lowest BCUT2D eigenvalue weighted by Gasteiger charge is -2.28. The third-order valence-electron chi connectivity index (χ3n) is 3.98. The Balaban J connectivity index is 2.22. The second-order valence-electron chi connectivity index (χ2n) is 5.43. The normalized spacial score (nSPS) is 20.1. The fourth-order valence-electron chi connectivity index (χ4n) is 2.89.